The Balaban J connectivity index is 2.73. The molecule has 1 amide bonds. The van der Waals surface area contributed by atoms with E-state index >= 15 is 0 Å². The number of rotatable bonds is 9. The van der Waals surface area contributed by atoms with Gasteiger partial charge in [0, 0.05) is 19.6 Å². The molecule has 0 aliphatic heterocycles. The molecule has 0 aliphatic rings. The molecule has 0 bridgehead atoms. The molecule has 0 fully saturated rings. The van der Waals surface area contributed by atoms with Crippen LogP contribution in [0.5, 0.6) is 5.75 Å². The topological polar surface area (TPSA) is 59.1 Å². The smallest absolute Gasteiger partial charge is 0.310 e. The lowest BCUT2D eigenvalue weighted by Crippen LogP contribution is -2.43. The maximum absolute atomic E-state index is 12.6. The van der Waals surface area contributed by atoms with Gasteiger partial charge in [-0.05, 0) is 45.1 Å². The maximum Gasteiger partial charge on any atom is 0.310 e. The first-order valence-corrected chi connectivity index (χ1v) is 8.45. The van der Waals surface area contributed by atoms with Gasteiger partial charge in [-0.15, -0.1) is 0 Å². The van der Waals surface area contributed by atoms with Crippen molar-refractivity contribution in [3.05, 3.63) is 29.3 Å². The van der Waals surface area contributed by atoms with Crippen LogP contribution in [-0.4, -0.2) is 69.1 Å². The van der Waals surface area contributed by atoms with E-state index in [1.54, 1.807) is 11.8 Å². The van der Waals surface area contributed by atoms with Crippen LogP contribution in [0.25, 0.3) is 0 Å². The molecule has 0 N–H and O–H groups in total. The van der Waals surface area contributed by atoms with Gasteiger partial charge < -0.3 is 19.3 Å². The highest BCUT2D eigenvalue weighted by molar-refractivity contribution is 5.79. The lowest BCUT2D eigenvalue weighted by atomic mass is 10.1. The van der Waals surface area contributed by atoms with Gasteiger partial charge in [0.25, 0.3) is 5.91 Å². The van der Waals surface area contributed by atoms with Crippen molar-refractivity contribution in [3.63, 3.8) is 0 Å². The first kappa shape index (κ1) is 21.0. The summed E-state index contributed by atoms with van der Waals surface area (Å²) in [4.78, 5) is 27.9. The number of aryl methyl sites for hydroxylation is 2. The van der Waals surface area contributed by atoms with Crippen molar-refractivity contribution in [3.8, 4) is 5.75 Å². The first-order valence-electron chi connectivity index (χ1n) is 8.45. The number of ether oxygens (including phenoxy) is 2. The average Bonchev–Trinajstić information content (AvgIpc) is 2.57. The Kier molecular flexibility index (Phi) is 8.41. The highest BCUT2D eigenvalue weighted by Gasteiger charge is 2.22. The zero-order chi connectivity index (χ0) is 19.0. The van der Waals surface area contributed by atoms with Gasteiger partial charge in [0.05, 0.1) is 13.0 Å². The van der Waals surface area contributed by atoms with Crippen LogP contribution < -0.4 is 4.74 Å². The molecule has 0 spiro atoms. The van der Waals surface area contributed by atoms with Crippen molar-refractivity contribution in [2.45, 2.75) is 20.8 Å². The Morgan fingerprint density at radius 3 is 2.44 bits per heavy atom. The molecule has 1 atom stereocenters. The number of hydrogen-bond acceptors (Lipinski definition) is 5. The Morgan fingerprint density at radius 1 is 1.16 bits per heavy atom. The first-order chi connectivity index (χ1) is 11.7. The summed E-state index contributed by atoms with van der Waals surface area (Å²) >= 11 is 0. The highest BCUT2D eigenvalue weighted by atomic mass is 16.5. The molecule has 0 aliphatic carbocycles. The molecule has 6 heteroatoms. The molecule has 0 radical (unpaired) electrons. The van der Waals surface area contributed by atoms with Crippen LogP contribution in [0.15, 0.2) is 18.2 Å². The molecule has 1 rings (SSSR count). The van der Waals surface area contributed by atoms with Gasteiger partial charge in [-0.3, -0.25) is 9.59 Å². The number of carbonyl (C=O) groups is 2. The lowest BCUT2D eigenvalue weighted by molar-refractivity contribution is -0.146. The molecule has 1 aromatic carbocycles. The number of benzene rings is 1. The normalized spacial score (nSPS) is 12.0. The molecule has 0 heterocycles. The van der Waals surface area contributed by atoms with E-state index in [9.17, 15) is 9.59 Å². The summed E-state index contributed by atoms with van der Waals surface area (Å²) in [5, 5.41) is 0. The number of esters is 1. The molecule has 6 nitrogen and oxygen atoms in total. The number of nitrogens with zero attached hydrogens (tertiary/aromatic N) is 2. The molecule has 140 valence electrons. The van der Waals surface area contributed by atoms with Crippen LogP contribution in [0, 0.1) is 19.8 Å². The van der Waals surface area contributed by atoms with Crippen LogP contribution >= 0.6 is 0 Å². The van der Waals surface area contributed by atoms with Crippen molar-refractivity contribution in [2.75, 3.05) is 47.4 Å². The van der Waals surface area contributed by atoms with Crippen molar-refractivity contribution in [2.24, 2.45) is 5.92 Å². The van der Waals surface area contributed by atoms with Gasteiger partial charge in [-0.1, -0.05) is 19.1 Å². The van der Waals surface area contributed by atoms with Crippen molar-refractivity contribution in [1.82, 2.24) is 9.80 Å². The van der Waals surface area contributed by atoms with E-state index < -0.39 is 0 Å². The predicted octanol–water partition coefficient (Wildman–Crippen LogP) is 1.88. The fourth-order valence-electron chi connectivity index (χ4n) is 2.34. The van der Waals surface area contributed by atoms with E-state index in [2.05, 4.69) is 0 Å². The summed E-state index contributed by atoms with van der Waals surface area (Å²) in [5.74, 6) is -0.129. The molecule has 25 heavy (non-hydrogen) atoms. The Hall–Kier alpha value is -2.08. The number of carbonyl (C=O) groups excluding carboxylic acids is 2. The van der Waals surface area contributed by atoms with Gasteiger partial charge >= 0.3 is 5.97 Å². The van der Waals surface area contributed by atoms with Gasteiger partial charge in [-0.25, -0.2) is 0 Å². The third-order valence-electron chi connectivity index (χ3n) is 3.96. The highest BCUT2D eigenvalue weighted by Crippen LogP contribution is 2.19. The fourth-order valence-corrected chi connectivity index (χ4v) is 2.34. The van der Waals surface area contributed by atoms with Crippen LogP contribution in [0.4, 0.5) is 0 Å². The van der Waals surface area contributed by atoms with E-state index in [1.807, 2.05) is 51.0 Å². The van der Waals surface area contributed by atoms with Crippen molar-refractivity contribution < 1.29 is 19.1 Å². The van der Waals surface area contributed by atoms with Crippen molar-refractivity contribution in [1.29, 1.82) is 0 Å². The van der Waals surface area contributed by atoms with E-state index in [0.29, 0.717) is 25.4 Å². The van der Waals surface area contributed by atoms with Crippen LogP contribution in [-0.2, 0) is 14.3 Å². The summed E-state index contributed by atoms with van der Waals surface area (Å²) < 4.78 is 10.5. The second kappa shape index (κ2) is 10.0. The maximum atomic E-state index is 12.6. The van der Waals surface area contributed by atoms with Gasteiger partial charge in [0.15, 0.2) is 6.61 Å². The fraction of sp³-hybridized carbons (Fsp3) is 0.579. The van der Waals surface area contributed by atoms with E-state index in [-0.39, 0.29) is 24.4 Å². The molecular weight excluding hydrogens is 320 g/mol. The lowest BCUT2D eigenvalue weighted by Gasteiger charge is -2.26. The summed E-state index contributed by atoms with van der Waals surface area (Å²) in [5.41, 5.74) is 2.07. The standard InChI is InChI=1S/C19H30N2O4/c1-14-7-8-15(2)17(11-14)25-13-18(22)21(10-9-20(4)5)12-16(3)19(23)24-6/h7-8,11,16H,9-10,12-13H2,1-6H3. The third-order valence-corrected chi connectivity index (χ3v) is 3.96. The van der Waals surface area contributed by atoms with Crippen LogP contribution in [0.3, 0.4) is 0 Å². The quantitative estimate of drug-likeness (QED) is 0.637. The zero-order valence-electron chi connectivity index (χ0n) is 16.2. The number of hydrogen-bond donors (Lipinski definition) is 0. The summed E-state index contributed by atoms with van der Waals surface area (Å²) in [7, 11) is 5.24. The SMILES string of the molecule is COC(=O)C(C)CN(CCN(C)C)C(=O)COc1cc(C)ccc1C. The zero-order valence-corrected chi connectivity index (χ0v) is 16.2. The largest absolute Gasteiger partial charge is 0.483 e. The monoisotopic (exact) mass is 350 g/mol. The Bertz CT molecular complexity index is 587. The Morgan fingerprint density at radius 2 is 1.84 bits per heavy atom. The minimum absolute atomic E-state index is 0.0500. The van der Waals surface area contributed by atoms with Gasteiger partial charge in [0.1, 0.15) is 5.75 Å². The van der Waals surface area contributed by atoms with Gasteiger partial charge in [-0.2, -0.15) is 0 Å². The van der Waals surface area contributed by atoms with E-state index in [1.165, 1.54) is 7.11 Å². The number of likely N-dealkylation sites (N-methyl/N-ethyl adjacent to an activating group) is 1. The molecule has 1 aromatic rings. The number of amides is 1. The van der Waals surface area contributed by atoms with Gasteiger partial charge in [0.2, 0.25) is 0 Å². The summed E-state index contributed by atoms with van der Waals surface area (Å²) in [6.07, 6.45) is 0. The van der Waals surface area contributed by atoms with Crippen molar-refractivity contribution >= 4 is 11.9 Å². The average molecular weight is 350 g/mol. The molecule has 0 aromatic heterocycles. The summed E-state index contributed by atoms with van der Waals surface area (Å²) in [6, 6.07) is 5.90. The Labute approximate surface area is 150 Å². The minimum atomic E-state index is -0.378. The van der Waals surface area contributed by atoms with E-state index in [4.69, 9.17) is 9.47 Å². The third kappa shape index (κ3) is 7.13. The van der Waals surface area contributed by atoms with E-state index in [0.717, 1.165) is 11.1 Å². The van der Waals surface area contributed by atoms with Crippen LogP contribution in [0.2, 0.25) is 0 Å². The molecular formula is C19H30N2O4. The summed E-state index contributed by atoms with van der Waals surface area (Å²) in [6.45, 7) is 7.19. The second-order valence-electron chi connectivity index (χ2n) is 6.62. The molecule has 0 saturated heterocycles. The minimum Gasteiger partial charge on any atom is -0.483 e. The number of methoxy groups -OCH3 is 1. The second-order valence-corrected chi connectivity index (χ2v) is 6.62. The molecule has 1 unspecified atom stereocenters. The van der Waals surface area contributed by atoms with Crippen LogP contribution in [0.1, 0.15) is 18.1 Å². The molecule has 0 saturated carbocycles. The predicted molar refractivity (Wildman–Crippen MR) is 97.7 cm³/mol.